The van der Waals surface area contributed by atoms with Gasteiger partial charge >= 0.3 is 6.09 Å². The van der Waals surface area contributed by atoms with Crippen LogP contribution >= 0.6 is 22.9 Å². The molecule has 30 heavy (non-hydrogen) atoms. The molecule has 1 aliphatic rings. The Labute approximate surface area is 184 Å². The second-order valence-electron chi connectivity index (χ2n) is 8.05. The quantitative estimate of drug-likeness (QED) is 0.737. The Hall–Kier alpha value is -2.58. The number of nitrogens with zero attached hydrogens (tertiary/aromatic N) is 1. The van der Waals surface area contributed by atoms with Gasteiger partial charge in [0.1, 0.15) is 5.60 Å². The summed E-state index contributed by atoms with van der Waals surface area (Å²) in [4.78, 5) is 40.1. The number of carbonyl (C=O) groups is 3. The smallest absolute Gasteiger partial charge is 0.410 e. The number of nitrogens with two attached hydrogens (primary N) is 1. The number of halogens is 1. The highest BCUT2D eigenvalue weighted by Gasteiger charge is 2.31. The Morgan fingerprint density at radius 2 is 1.90 bits per heavy atom. The highest BCUT2D eigenvalue weighted by molar-refractivity contribution is 7.12. The van der Waals surface area contributed by atoms with Gasteiger partial charge in [0.05, 0.1) is 18.5 Å². The molecule has 1 aliphatic heterocycles. The molecule has 0 atom stereocenters. The van der Waals surface area contributed by atoms with E-state index in [1.807, 2.05) is 20.8 Å². The molecule has 160 valence electrons. The molecule has 0 radical (unpaired) electrons. The molecule has 9 heteroatoms. The molecule has 1 aromatic heterocycles. The largest absolute Gasteiger partial charge is 0.444 e. The lowest BCUT2D eigenvalue weighted by atomic mass is 10.0. The number of hydrogen-bond acceptors (Lipinski definition) is 5. The van der Waals surface area contributed by atoms with Crippen molar-refractivity contribution in [1.82, 2.24) is 4.90 Å². The van der Waals surface area contributed by atoms with Crippen LogP contribution in [0.3, 0.4) is 0 Å². The molecule has 0 bridgehead atoms. The molecular weight excluding hydrogens is 426 g/mol. The van der Waals surface area contributed by atoms with Crippen molar-refractivity contribution in [3.8, 4) is 0 Å². The van der Waals surface area contributed by atoms with E-state index in [1.165, 1.54) is 11.3 Å². The van der Waals surface area contributed by atoms with Gasteiger partial charge in [-0.2, -0.15) is 0 Å². The monoisotopic (exact) mass is 449 g/mol. The minimum absolute atomic E-state index is 0.0189. The Balaban J connectivity index is 1.77. The number of rotatable bonds is 4. The summed E-state index contributed by atoms with van der Waals surface area (Å²) >= 11 is 7.20. The van der Waals surface area contributed by atoms with Gasteiger partial charge in [-0.15, -0.1) is 11.3 Å². The number of amides is 3. The van der Waals surface area contributed by atoms with Gasteiger partial charge in [-0.25, -0.2) is 4.79 Å². The molecule has 0 spiro atoms. The minimum atomic E-state index is -0.587. The van der Waals surface area contributed by atoms with Crippen molar-refractivity contribution in [3.05, 3.63) is 50.2 Å². The first-order chi connectivity index (χ1) is 14.0. The van der Waals surface area contributed by atoms with Crippen LogP contribution in [-0.4, -0.2) is 35.0 Å². The number of thiophene rings is 1. The fourth-order valence-corrected chi connectivity index (χ4v) is 4.74. The van der Waals surface area contributed by atoms with Crippen molar-refractivity contribution in [1.29, 1.82) is 0 Å². The minimum Gasteiger partial charge on any atom is -0.444 e. The second-order valence-corrected chi connectivity index (χ2v) is 9.68. The molecule has 1 aromatic carbocycles. The van der Waals surface area contributed by atoms with Crippen LogP contribution in [0.4, 0.5) is 10.5 Å². The molecule has 0 saturated heterocycles. The van der Waals surface area contributed by atoms with E-state index in [0.717, 1.165) is 10.4 Å². The van der Waals surface area contributed by atoms with Crippen LogP contribution in [0, 0.1) is 0 Å². The van der Waals surface area contributed by atoms with Gasteiger partial charge in [-0.05, 0) is 57.0 Å². The van der Waals surface area contributed by atoms with Crippen LogP contribution in [0.15, 0.2) is 24.3 Å². The van der Waals surface area contributed by atoms with Crippen molar-refractivity contribution in [3.63, 3.8) is 0 Å². The predicted molar refractivity (Wildman–Crippen MR) is 117 cm³/mol. The third-order valence-electron chi connectivity index (χ3n) is 4.48. The first-order valence-electron chi connectivity index (χ1n) is 9.50. The van der Waals surface area contributed by atoms with Gasteiger partial charge in [0.25, 0.3) is 0 Å². The van der Waals surface area contributed by atoms with Crippen LogP contribution in [0.5, 0.6) is 0 Å². The first-order valence-corrected chi connectivity index (χ1v) is 10.7. The van der Waals surface area contributed by atoms with Crippen LogP contribution in [0.2, 0.25) is 5.02 Å². The van der Waals surface area contributed by atoms with Crippen molar-refractivity contribution < 1.29 is 19.1 Å². The van der Waals surface area contributed by atoms with Gasteiger partial charge in [0.15, 0.2) is 0 Å². The molecular formula is C21H24ClN3O4S. The summed E-state index contributed by atoms with van der Waals surface area (Å²) in [5.74, 6) is -0.824. The summed E-state index contributed by atoms with van der Waals surface area (Å²) in [6.45, 7) is 6.19. The normalized spacial score (nSPS) is 13.5. The molecule has 0 fully saturated rings. The van der Waals surface area contributed by atoms with E-state index in [4.69, 9.17) is 22.1 Å². The average molecular weight is 450 g/mol. The molecule has 2 aromatic rings. The lowest BCUT2D eigenvalue weighted by Crippen LogP contribution is -2.39. The van der Waals surface area contributed by atoms with Crippen molar-refractivity contribution >= 4 is 46.5 Å². The maximum Gasteiger partial charge on any atom is 0.410 e. The van der Waals surface area contributed by atoms with Gasteiger partial charge < -0.3 is 20.7 Å². The van der Waals surface area contributed by atoms with E-state index in [-0.39, 0.29) is 12.3 Å². The molecule has 0 saturated carbocycles. The van der Waals surface area contributed by atoms with Crippen molar-refractivity contribution in [2.24, 2.45) is 5.73 Å². The van der Waals surface area contributed by atoms with E-state index in [2.05, 4.69) is 5.32 Å². The highest BCUT2D eigenvalue weighted by atomic mass is 35.5. The summed E-state index contributed by atoms with van der Waals surface area (Å²) in [5.41, 5.74) is 6.86. The standard InChI is InChI=1S/C21H24ClN3O4S/c1-21(2,3)29-20(28)25-9-8-14-16(11-25)30-15(18(14)19(23)27)10-17(26)24-13-6-4-12(22)5-7-13/h4-7H,8-11H2,1-3H3,(H2,23,27)(H,24,26). The lowest BCUT2D eigenvalue weighted by Gasteiger charge is -2.30. The topological polar surface area (TPSA) is 102 Å². The van der Waals surface area contributed by atoms with Crippen LogP contribution in [0.25, 0.3) is 0 Å². The zero-order chi connectivity index (χ0) is 22.1. The fraction of sp³-hybridized carbons (Fsp3) is 0.381. The summed E-state index contributed by atoms with van der Waals surface area (Å²) in [7, 11) is 0. The molecule has 7 nitrogen and oxygen atoms in total. The number of ether oxygens (including phenoxy) is 1. The number of nitrogens with one attached hydrogen (secondary N) is 1. The van der Waals surface area contributed by atoms with Crippen LogP contribution in [0.1, 0.15) is 46.4 Å². The third kappa shape index (κ3) is 5.31. The number of benzene rings is 1. The number of fused-ring (bicyclic) bond motifs is 1. The Morgan fingerprint density at radius 3 is 2.50 bits per heavy atom. The molecule has 3 amide bonds. The Morgan fingerprint density at radius 1 is 1.23 bits per heavy atom. The average Bonchev–Trinajstić information content (AvgIpc) is 2.99. The number of hydrogen-bond donors (Lipinski definition) is 2. The van der Waals surface area contributed by atoms with E-state index in [9.17, 15) is 14.4 Å². The SMILES string of the molecule is CC(C)(C)OC(=O)N1CCc2c(sc(CC(=O)Nc3ccc(Cl)cc3)c2C(N)=O)C1. The lowest BCUT2D eigenvalue weighted by molar-refractivity contribution is -0.115. The third-order valence-corrected chi connectivity index (χ3v) is 5.95. The fourth-order valence-electron chi connectivity index (χ4n) is 3.24. The van der Waals surface area contributed by atoms with E-state index < -0.39 is 17.6 Å². The second kappa shape index (κ2) is 8.65. The van der Waals surface area contributed by atoms with Crippen molar-refractivity contribution in [2.45, 2.75) is 45.8 Å². The zero-order valence-corrected chi connectivity index (χ0v) is 18.7. The van der Waals surface area contributed by atoms with E-state index in [0.29, 0.717) is 40.7 Å². The van der Waals surface area contributed by atoms with E-state index in [1.54, 1.807) is 29.2 Å². The molecule has 0 aliphatic carbocycles. The van der Waals surface area contributed by atoms with Crippen LogP contribution in [-0.2, 0) is 28.9 Å². The highest BCUT2D eigenvalue weighted by Crippen LogP contribution is 2.34. The van der Waals surface area contributed by atoms with Gasteiger partial charge in [-0.1, -0.05) is 11.6 Å². The Bertz CT molecular complexity index is 979. The maximum absolute atomic E-state index is 12.5. The Kier molecular flexibility index (Phi) is 6.38. The first kappa shape index (κ1) is 22.1. The van der Waals surface area contributed by atoms with Crippen molar-refractivity contribution in [2.75, 3.05) is 11.9 Å². The maximum atomic E-state index is 12.5. The van der Waals surface area contributed by atoms with Gasteiger partial charge in [0, 0.05) is 27.0 Å². The van der Waals surface area contributed by atoms with Gasteiger partial charge in [-0.3, -0.25) is 9.59 Å². The van der Waals surface area contributed by atoms with Crippen LogP contribution < -0.4 is 11.1 Å². The number of primary amides is 1. The molecule has 0 unspecified atom stereocenters. The molecule has 3 rings (SSSR count). The zero-order valence-electron chi connectivity index (χ0n) is 17.1. The number of carbonyl (C=O) groups excluding carboxylic acids is 3. The summed E-state index contributed by atoms with van der Waals surface area (Å²) in [5, 5.41) is 3.36. The van der Waals surface area contributed by atoms with Gasteiger partial charge in [0.2, 0.25) is 11.8 Å². The summed E-state index contributed by atoms with van der Waals surface area (Å²) < 4.78 is 5.44. The van der Waals surface area contributed by atoms with E-state index >= 15 is 0 Å². The number of anilines is 1. The summed E-state index contributed by atoms with van der Waals surface area (Å²) in [6, 6.07) is 6.77. The molecule has 2 heterocycles. The summed E-state index contributed by atoms with van der Waals surface area (Å²) in [6.07, 6.45) is 0.108. The predicted octanol–water partition coefficient (Wildman–Crippen LogP) is 3.97. The molecule has 3 N–H and O–H groups in total.